The van der Waals surface area contributed by atoms with Gasteiger partial charge in [0.2, 0.25) is 11.0 Å². The molecule has 20 heavy (non-hydrogen) atoms. The Labute approximate surface area is 126 Å². The molecule has 1 amide bonds. The normalized spacial score (nSPS) is 10.7. The minimum Gasteiger partial charge on any atom is -0.301 e. The van der Waals surface area contributed by atoms with Crippen LogP contribution in [0.5, 0.6) is 0 Å². The Bertz CT molecular complexity index is 379. The van der Waals surface area contributed by atoms with Crippen molar-refractivity contribution in [2.24, 2.45) is 0 Å². The average molecular weight is 297 g/mol. The van der Waals surface area contributed by atoms with E-state index in [9.17, 15) is 4.79 Å². The molecule has 0 aliphatic heterocycles. The van der Waals surface area contributed by atoms with Crippen LogP contribution in [0, 0.1) is 0 Å². The van der Waals surface area contributed by atoms with Gasteiger partial charge in [0.1, 0.15) is 5.01 Å². The minimum absolute atomic E-state index is 0.0501. The van der Waals surface area contributed by atoms with Crippen molar-refractivity contribution in [2.75, 3.05) is 5.32 Å². The van der Waals surface area contributed by atoms with Crippen molar-refractivity contribution in [2.45, 2.75) is 78.1 Å². The van der Waals surface area contributed by atoms with Crippen LogP contribution < -0.4 is 5.32 Å². The second-order valence-corrected chi connectivity index (χ2v) is 6.23. The standard InChI is InChI=1S/C15H27N3OS/c1-3-5-7-8-9-10-12-14-17-18-15(20-14)16-13(19)11-6-4-2/h3-12H2,1-2H3,(H,16,18,19). The van der Waals surface area contributed by atoms with E-state index < -0.39 is 0 Å². The number of nitrogens with zero attached hydrogens (tertiary/aromatic N) is 2. The lowest BCUT2D eigenvalue weighted by Gasteiger charge is -1.99. The van der Waals surface area contributed by atoms with Gasteiger partial charge >= 0.3 is 0 Å². The molecule has 0 atom stereocenters. The highest BCUT2D eigenvalue weighted by Crippen LogP contribution is 2.18. The maximum atomic E-state index is 11.6. The third kappa shape index (κ3) is 7.58. The summed E-state index contributed by atoms with van der Waals surface area (Å²) in [6, 6.07) is 0. The van der Waals surface area contributed by atoms with Crippen LogP contribution in [0.4, 0.5) is 5.13 Å². The fraction of sp³-hybridized carbons (Fsp3) is 0.800. The maximum Gasteiger partial charge on any atom is 0.226 e. The molecule has 1 aromatic rings. The van der Waals surface area contributed by atoms with Gasteiger partial charge in [-0.2, -0.15) is 0 Å². The van der Waals surface area contributed by atoms with E-state index >= 15 is 0 Å². The lowest BCUT2D eigenvalue weighted by Crippen LogP contribution is -2.10. The van der Waals surface area contributed by atoms with Crippen molar-refractivity contribution >= 4 is 22.4 Å². The van der Waals surface area contributed by atoms with Crippen molar-refractivity contribution in [3.8, 4) is 0 Å². The van der Waals surface area contributed by atoms with Gasteiger partial charge in [0.25, 0.3) is 0 Å². The number of aromatic nitrogens is 2. The highest BCUT2D eigenvalue weighted by atomic mass is 32.1. The van der Waals surface area contributed by atoms with E-state index in [1.54, 1.807) is 0 Å². The summed E-state index contributed by atoms with van der Waals surface area (Å²) in [6.45, 7) is 4.31. The van der Waals surface area contributed by atoms with Gasteiger partial charge < -0.3 is 5.32 Å². The maximum absolute atomic E-state index is 11.6. The third-order valence-electron chi connectivity index (χ3n) is 3.21. The monoisotopic (exact) mass is 297 g/mol. The average Bonchev–Trinajstić information content (AvgIpc) is 2.88. The van der Waals surface area contributed by atoms with E-state index in [1.165, 1.54) is 49.9 Å². The SMILES string of the molecule is CCCCCCCCc1nnc(NC(=O)CCCC)s1. The van der Waals surface area contributed by atoms with Crippen molar-refractivity contribution in [3.63, 3.8) is 0 Å². The van der Waals surface area contributed by atoms with E-state index in [4.69, 9.17) is 0 Å². The zero-order chi connectivity index (χ0) is 14.6. The molecule has 0 spiro atoms. The molecule has 0 saturated carbocycles. The topological polar surface area (TPSA) is 54.9 Å². The molecule has 0 unspecified atom stereocenters. The zero-order valence-electron chi connectivity index (χ0n) is 12.8. The summed E-state index contributed by atoms with van der Waals surface area (Å²) in [5.41, 5.74) is 0. The molecule has 5 heteroatoms. The van der Waals surface area contributed by atoms with Gasteiger partial charge in [-0.05, 0) is 12.8 Å². The van der Waals surface area contributed by atoms with Crippen LogP contribution in [-0.2, 0) is 11.2 Å². The molecule has 1 aromatic heterocycles. The van der Waals surface area contributed by atoms with Crippen LogP contribution in [0.3, 0.4) is 0 Å². The summed E-state index contributed by atoms with van der Waals surface area (Å²) in [6.07, 6.45) is 11.2. The second-order valence-electron chi connectivity index (χ2n) is 5.17. The van der Waals surface area contributed by atoms with Gasteiger partial charge in [0, 0.05) is 12.8 Å². The Kier molecular flexibility index (Phi) is 9.20. The molecular weight excluding hydrogens is 270 g/mol. The fourth-order valence-electron chi connectivity index (χ4n) is 1.98. The summed E-state index contributed by atoms with van der Waals surface area (Å²) in [5, 5.41) is 12.7. The number of unbranched alkanes of at least 4 members (excludes halogenated alkanes) is 6. The predicted octanol–water partition coefficient (Wildman–Crippen LogP) is 4.57. The molecule has 0 radical (unpaired) electrons. The summed E-state index contributed by atoms with van der Waals surface area (Å²) in [7, 11) is 0. The van der Waals surface area contributed by atoms with E-state index in [0.29, 0.717) is 11.6 Å². The largest absolute Gasteiger partial charge is 0.301 e. The quantitative estimate of drug-likeness (QED) is 0.609. The van der Waals surface area contributed by atoms with E-state index in [-0.39, 0.29) is 5.91 Å². The van der Waals surface area contributed by atoms with Crippen molar-refractivity contribution < 1.29 is 4.79 Å². The number of hydrogen-bond donors (Lipinski definition) is 1. The van der Waals surface area contributed by atoms with Crippen LogP contribution in [0.1, 0.15) is 76.6 Å². The van der Waals surface area contributed by atoms with E-state index in [0.717, 1.165) is 24.3 Å². The Morgan fingerprint density at radius 2 is 1.70 bits per heavy atom. The van der Waals surface area contributed by atoms with Crippen LogP contribution >= 0.6 is 11.3 Å². The van der Waals surface area contributed by atoms with Gasteiger partial charge in [-0.1, -0.05) is 63.7 Å². The third-order valence-corrected chi connectivity index (χ3v) is 4.11. The molecule has 0 aliphatic rings. The molecule has 0 saturated heterocycles. The van der Waals surface area contributed by atoms with Crippen molar-refractivity contribution in [1.82, 2.24) is 10.2 Å². The highest BCUT2D eigenvalue weighted by molar-refractivity contribution is 7.15. The number of carbonyl (C=O) groups excluding carboxylic acids is 1. The molecule has 0 aromatic carbocycles. The van der Waals surface area contributed by atoms with Gasteiger partial charge in [-0.3, -0.25) is 4.79 Å². The molecule has 0 aliphatic carbocycles. The smallest absolute Gasteiger partial charge is 0.226 e. The molecule has 1 rings (SSSR count). The molecule has 4 nitrogen and oxygen atoms in total. The molecule has 0 bridgehead atoms. The number of anilines is 1. The first kappa shape index (κ1) is 17.1. The van der Waals surface area contributed by atoms with Crippen LogP contribution in [-0.4, -0.2) is 16.1 Å². The first-order valence-corrected chi connectivity index (χ1v) is 8.70. The van der Waals surface area contributed by atoms with Crippen molar-refractivity contribution in [1.29, 1.82) is 0 Å². The Morgan fingerprint density at radius 1 is 1.00 bits per heavy atom. The predicted molar refractivity (Wildman–Crippen MR) is 85.1 cm³/mol. The first-order valence-electron chi connectivity index (χ1n) is 7.88. The first-order chi connectivity index (χ1) is 9.76. The number of hydrogen-bond acceptors (Lipinski definition) is 4. The minimum atomic E-state index is 0.0501. The molecule has 114 valence electrons. The summed E-state index contributed by atoms with van der Waals surface area (Å²) in [4.78, 5) is 11.6. The van der Waals surface area contributed by atoms with Gasteiger partial charge in [0.15, 0.2) is 0 Å². The van der Waals surface area contributed by atoms with E-state index in [2.05, 4.69) is 29.4 Å². The van der Waals surface area contributed by atoms with Crippen molar-refractivity contribution in [3.05, 3.63) is 5.01 Å². The van der Waals surface area contributed by atoms with Gasteiger partial charge in [-0.15, -0.1) is 10.2 Å². The number of aryl methyl sites for hydroxylation is 1. The lowest BCUT2D eigenvalue weighted by molar-refractivity contribution is -0.116. The van der Waals surface area contributed by atoms with Crippen LogP contribution in [0.2, 0.25) is 0 Å². The molecule has 1 N–H and O–H groups in total. The number of carbonyl (C=O) groups is 1. The summed E-state index contributed by atoms with van der Waals surface area (Å²) >= 11 is 1.51. The van der Waals surface area contributed by atoms with Crippen LogP contribution in [0.25, 0.3) is 0 Å². The van der Waals surface area contributed by atoms with Crippen LogP contribution in [0.15, 0.2) is 0 Å². The number of rotatable bonds is 11. The number of amides is 1. The Morgan fingerprint density at radius 3 is 2.45 bits per heavy atom. The van der Waals surface area contributed by atoms with E-state index in [1.807, 2.05) is 0 Å². The lowest BCUT2D eigenvalue weighted by atomic mass is 10.1. The number of nitrogens with one attached hydrogen (secondary N) is 1. The summed E-state index contributed by atoms with van der Waals surface area (Å²) < 4.78 is 0. The fourth-order valence-corrected chi connectivity index (χ4v) is 2.78. The summed E-state index contributed by atoms with van der Waals surface area (Å²) in [5.74, 6) is 0.0501. The molecular formula is C15H27N3OS. The highest BCUT2D eigenvalue weighted by Gasteiger charge is 2.07. The molecule has 1 heterocycles. The molecule has 0 fully saturated rings. The van der Waals surface area contributed by atoms with Gasteiger partial charge in [0.05, 0.1) is 0 Å². The van der Waals surface area contributed by atoms with Gasteiger partial charge in [-0.25, -0.2) is 0 Å². The Balaban J connectivity index is 2.17. The second kappa shape index (κ2) is 10.8. The zero-order valence-corrected chi connectivity index (χ0v) is 13.6. The Hall–Kier alpha value is -0.970.